The molecule has 0 amide bonds. The van der Waals surface area contributed by atoms with Gasteiger partial charge in [0.1, 0.15) is 28.8 Å². The molecule has 0 bridgehead atoms. The predicted molar refractivity (Wildman–Crippen MR) is 123 cm³/mol. The Labute approximate surface area is 201 Å². The van der Waals surface area contributed by atoms with E-state index in [1.165, 1.54) is 38.7 Å². The van der Waals surface area contributed by atoms with Crippen LogP contribution in [0.2, 0.25) is 6.04 Å². The van der Waals surface area contributed by atoms with Crippen LogP contribution in [0.1, 0.15) is 74.0 Å². The fourth-order valence-corrected chi connectivity index (χ4v) is 6.14. The minimum absolute atomic E-state index is 0.0476. The third-order valence-electron chi connectivity index (χ3n) is 7.83. The molecule has 2 aliphatic rings. The van der Waals surface area contributed by atoms with E-state index in [-0.39, 0.29) is 11.5 Å². The number of halogens is 5. The van der Waals surface area contributed by atoms with Crippen molar-refractivity contribution in [3.05, 3.63) is 64.5 Å². The van der Waals surface area contributed by atoms with Crippen molar-refractivity contribution in [3.63, 3.8) is 0 Å². The molecule has 0 unspecified atom stereocenters. The highest BCUT2D eigenvalue weighted by atomic mass is 28.1. The molecule has 2 aliphatic carbocycles. The van der Waals surface area contributed by atoms with Gasteiger partial charge in [-0.15, -0.1) is 0 Å². The largest absolute Gasteiger partial charge is 0.432 e. The molecular weight excluding hydrogens is 463 g/mol. The lowest BCUT2D eigenvalue weighted by Gasteiger charge is -2.38. The summed E-state index contributed by atoms with van der Waals surface area (Å²) in [6.07, 6.45) is 4.29. The van der Waals surface area contributed by atoms with Gasteiger partial charge in [0.05, 0.1) is 0 Å². The summed E-state index contributed by atoms with van der Waals surface area (Å²) in [6.45, 7) is 1.47. The van der Waals surface area contributed by atoms with Crippen LogP contribution in [0.15, 0.2) is 30.3 Å². The molecule has 34 heavy (non-hydrogen) atoms. The molecule has 2 aromatic carbocycles. The maximum Gasteiger partial charge on any atom is 0.432 e. The zero-order valence-electron chi connectivity index (χ0n) is 19.4. The Morgan fingerprint density at radius 2 is 1.38 bits per heavy atom. The molecule has 0 N–H and O–H groups in total. The Morgan fingerprint density at radius 3 is 1.91 bits per heavy atom. The molecule has 183 valence electrons. The number of alkyl halides is 2. The van der Waals surface area contributed by atoms with Gasteiger partial charge in [-0.1, -0.05) is 25.0 Å². The second kappa shape index (κ2) is 10.4. The van der Waals surface area contributed by atoms with E-state index in [0.29, 0.717) is 17.4 Å². The third-order valence-corrected chi connectivity index (χ3v) is 8.41. The van der Waals surface area contributed by atoms with Gasteiger partial charge < -0.3 is 4.74 Å². The fourth-order valence-electron chi connectivity index (χ4n) is 5.73. The number of aryl methyl sites for hydroxylation is 1. The van der Waals surface area contributed by atoms with Crippen molar-refractivity contribution >= 4 is 10.2 Å². The van der Waals surface area contributed by atoms with E-state index in [9.17, 15) is 22.0 Å². The Kier molecular flexibility index (Phi) is 7.70. The summed E-state index contributed by atoms with van der Waals surface area (Å²) in [7, 11) is 3.63. The van der Waals surface area contributed by atoms with E-state index in [1.807, 2.05) is 0 Å². The molecule has 2 fully saturated rings. The summed E-state index contributed by atoms with van der Waals surface area (Å²) in [5.41, 5.74) is -0.787. The predicted octanol–water partition coefficient (Wildman–Crippen LogP) is 8.21. The molecule has 7 heteroatoms. The van der Waals surface area contributed by atoms with Crippen LogP contribution in [0.4, 0.5) is 22.0 Å². The zero-order valence-corrected chi connectivity index (χ0v) is 20.4. The highest BCUT2D eigenvalue weighted by molar-refractivity contribution is 6.08. The minimum Gasteiger partial charge on any atom is -0.429 e. The molecule has 2 aromatic rings. The van der Waals surface area contributed by atoms with Crippen LogP contribution in [0, 0.1) is 42.1 Å². The second-order valence-corrected chi connectivity index (χ2v) is 10.4. The number of benzene rings is 2. The van der Waals surface area contributed by atoms with Crippen molar-refractivity contribution in [2.24, 2.45) is 17.8 Å². The summed E-state index contributed by atoms with van der Waals surface area (Å²) in [6, 6.07) is 6.26. The molecule has 0 aromatic heterocycles. The van der Waals surface area contributed by atoms with Gasteiger partial charge in [-0.05, 0) is 98.4 Å². The first-order valence-electron chi connectivity index (χ1n) is 12.1. The molecule has 0 spiro atoms. The van der Waals surface area contributed by atoms with E-state index in [0.717, 1.165) is 61.9 Å². The average Bonchev–Trinajstić information content (AvgIpc) is 2.81. The fraction of sp³-hybridized carbons (Fsp3) is 0.556. The van der Waals surface area contributed by atoms with Crippen molar-refractivity contribution in [2.45, 2.75) is 76.4 Å². The van der Waals surface area contributed by atoms with Crippen molar-refractivity contribution < 1.29 is 26.7 Å². The quantitative estimate of drug-likeness (QED) is 0.291. The number of hydrogen-bond donors (Lipinski definition) is 0. The highest BCUT2D eigenvalue weighted by Crippen LogP contribution is 2.45. The Morgan fingerprint density at radius 1 is 0.824 bits per heavy atom. The van der Waals surface area contributed by atoms with Crippen molar-refractivity contribution in [2.75, 3.05) is 0 Å². The minimum atomic E-state index is -4.28. The standard InChI is InChI=1S/C27H30F5OSi/c1-16-2-11-22(14-23(16)28)33-27(31,32)26-24(29)12-21(13-25(26)30)20-9-7-19(8-10-20)18-5-3-17(15-34)4-6-18/h2,11-14,17-20H,3-10,15H2,1H3. The average molecular weight is 494 g/mol. The van der Waals surface area contributed by atoms with Gasteiger partial charge in [0, 0.05) is 16.3 Å². The van der Waals surface area contributed by atoms with Crippen molar-refractivity contribution in [1.29, 1.82) is 0 Å². The monoisotopic (exact) mass is 493 g/mol. The van der Waals surface area contributed by atoms with E-state index >= 15 is 0 Å². The lowest BCUT2D eigenvalue weighted by molar-refractivity contribution is -0.189. The molecule has 0 heterocycles. The molecule has 0 atom stereocenters. The maximum atomic E-state index is 14.8. The van der Waals surface area contributed by atoms with E-state index in [4.69, 9.17) is 0 Å². The summed E-state index contributed by atoms with van der Waals surface area (Å²) in [5, 5.41) is 0. The van der Waals surface area contributed by atoms with E-state index in [2.05, 4.69) is 15.0 Å². The molecule has 3 radical (unpaired) electrons. The smallest absolute Gasteiger partial charge is 0.429 e. The molecule has 0 saturated heterocycles. The van der Waals surface area contributed by atoms with Gasteiger partial charge in [0.25, 0.3) is 0 Å². The Balaban J connectivity index is 1.43. The Hall–Kier alpha value is -1.89. The second-order valence-electron chi connectivity index (χ2n) is 9.99. The van der Waals surface area contributed by atoms with Crippen LogP contribution >= 0.6 is 0 Å². The lowest BCUT2D eigenvalue weighted by atomic mass is 9.68. The highest BCUT2D eigenvalue weighted by Gasteiger charge is 2.42. The van der Waals surface area contributed by atoms with Gasteiger partial charge >= 0.3 is 6.11 Å². The first-order valence-corrected chi connectivity index (χ1v) is 12.9. The number of ether oxygens (including phenoxy) is 1. The van der Waals surface area contributed by atoms with Crippen LogP contribution in [-0.2, 0) is 6.11 Å². The van der Waals surface area contributed by atoms with Crippen LogP contribution in [0.3, 0.4) is 0 Å². The maximum absolute atomic E-state index is 14.8. The normalized spacial score (nSPS) is 25.9. The van der Waals surface area contributed by atoms with Crippen molar-refractivity contribution in [1.82, 2.24) is 0 Å². The van der Waals surface area contributed by atoms with Crippen LogP contribution in [0.25, 0.3) is 0 Å². The van der Waals surface area contributed by atoms with E-state index in [1.54, 1.807) is 0 Å². The summed E-state index contributed by atoms with van der Waals surface area (Å²) < 4.78 is 77.0. The van der Waals surface area contributed by atoms with Gasteiger partial charge in [0.2, 0.25) is 0 Å². The molecular formula is C27H30F5OSi. The summed E-state index contributed by atoms with van der Waals surface area (Å²) >= 11 is 0. The van der Waals surface area contributed by atoms with Crippen LogP contribution in [0.5, 0.6) is 5.75 Å². The SMILES string of the molecule is Cc1ccc(OC(F)(F)c2c(F)cc(C3CCC(C4CCC(C[Si])CC4)CC3)cc2F)cc1F. The lowest BCUT2D eigenvalue weighted by Crippen LogP contribution is -2.26. The van der Waals surface area contributed by atoms with Gasteiger partial charge in [-0.2, -0.15) is 8.78 Å². The molecule has 2 saturated carbocycles. The summed E-state index contributed by atoms with van der Waals surface area (Å²) in [4.78, 5) is 0. The first kappa shape index (κ1) is 25.2. The van der Waals surface area contributed by atoms with Crippen LogP contribution < -0.4 is 4.74 Å². The molecule has 0 aliphatic heterocycles. The summed E-state index contributed by atoms with van der Waals surface area (Å²) in [5.74, 6) is -1.86. The van der Waals surface area contributed by atoms with E-state index < -0.39 is 34.9 Å². The molecule has 1 nitrogen and oxygen atoms in total. The topological polar surface area (TPSA) is 9.23 Å². The number of rotatable bonds is 6. The van der Waals surface area contributed by atoms with Crippen LogP contribution in [-0.4, -0.2) is 10.2 Å². The Bertz CT molecular complexity index is 972. The zero-order chi connectivity index (χ0) is 24.5. The first-order chi connectivity index (χ1) is 16.2. The number of hydrogen-bond acceptors (Lipinski definition) is 1. The van der Waals surface area contributed by atoms with Crippen molar-refractivity contribution in [3.8, 4) is 5.75 Å². The van der Waals surface area contributed by atoms with Gasteiger partial charge in [-0.25, -0.2) is 13.2 Å². The van der Waals surface area contributed by atoms with Gasteiger partial charge in [0.15, 0.2) is 0 Å². The third kappa shape index (κ3) is 5.50. The van der Waals surface area contributed by atoms with Gasteiger partial charge in [-0.3, -0.25) is 0 Å². The molecule has 4 rings (SSSR count).